The molecule has 0 saturated carbocycles. The van der Waals surface area contributed by atoms with Gasteiger partial charge >= 0.3 is 0 Å². The average molecular weight is 196 g/mol. The maximum absolute atomic E-state index is 3.78. The van der Waals surface area contributed by atoms with E-state index in [9.17, 15) is 0 Å². The number of hydrogen-bond acceptors (Lipinski definition) is 1. The topological polar surface area (TPSA) is 17.8 Å². The lowest BCUT2D eigenvalue weighted by Gasteiger charge is -1.93. The molecule has 1 aromatic heterocycles. The van der Waals surface area contributed by atoms with Gasteiger partial charge in [0.05, 0.1) is 6.33 Å². The molecule has 2 nitrogen and oxygen atoms in total. The van der Waals surface area contributed by atoms with Gasteiger partial charge in [-0.05, 0) is 0 Å². The van der Waals surface area contributed by atoms with Gasteiger partial charge in [0.2, 0.25) is 0 Å². The van der Waals surface area contributed by atoms with Gasteiger partial charge < -0.3 is 4.57 Å². The van der Waals surface area contributed by atoms with Crippen LogP contribution in [0.15, 0.2) is 18.7 Å². The van der Waals surface area contributed by atoms with E-state index in [-0.39, 0.29) is 0 Å². The molecule has 0 spiro atoms. The Hall–Kier alpha value is -0.790. The number of aromatic nitrogens is 2. The highest BCUT2D eigenvalue weighted by molar-refractivity contribution is 4.70. The van der Waals surface area contributed by atoms with Crippen LogP contribution in [0.4, 0.5) is 0 Å². The number of unbranched alkanes of at least 4 members (excludes halogenated alkanes) is 5. The van der Waals surface area contributed by atoms with Crippen molar-refractivity contribution in [2.75, 3.05) is 0 Å². The van der Waals surface area contributed by atoms with Gasteiger partial charge in [-0.1, -0.05) is 52.4 Å². The fraction of sp³-hybridized carbons (Fsp3) is 0.750. The van der Waals surface area contributed by atoms with E-state index in [0.717, 1.165) is 0 Å². The van der Waals surface area contributed by atoms with Crippen LogP contribution in [0.25, 0.3) is 0 Å². The van der Waals surface area contributed by atoms with Crippen LogP contribution >= 0.6 is 0 Å². The molecule has 0 fully saturated rings. The molecule has 14 heavy (non-hydrogen) atoms. The second-order valence-electron chi connectivity index (χ2n) is 3.64. The third kappa shape index (κ3) is 9.30. The first-order valence-corrected chi connectivity index (χ1v) is 5.73. The Bertz CT molecular complexity index is 174. The molecule has 1 heterocycles. The number of hydrogen-bond donors (Lipinski definition) is 0. The first kappa shape index (κ1) is 13.2. The highest BCUT2D eigenvalue weighted by Gasteiger charge is 1.83. The molecule has 1 aromatic rings. The molecule has 0 unspecified atom stereocenters. The Morgan fingerprint density at radius 3 is 1.79 bits per heavy atom. The molecular formula is C12H24N2. The standard InChI is InChI=1S/C8H18.C4H6N2/c1-3-5-7-8-6-4-2;1-6-3-2-5-4-6/h3-8H2,1-2H3;2-4H,1H3. The normalized spacial score (nSPS) is 9.36. The van der Waals surface area contributed by atoms with Crippen LogP contribution < -0.4 is 0 Å². The van der Waals surface area contributed by atoms with Crippen LogP contribution in [0, 0.1) is 0 Å². The molecule has 0 aliphatic carbocycles. The predicted molar refractivity (Wildman–Crippen MR) is 62.3 cm³/mol. The molecule has 2 heteroatoms. The van der Waals surface area contributed by atoms with Crippen molar-refractivity contribution in [3.8, 4) is 0 Å². The molecule has 0 aromatic carbocycles. The summed E-state index contributed by atoms with van der Waals surface area (Å²) in [5.41, 5.74) is 0. The van der Waals surface area contributed by atoms with Crippen molar-refractivity contribution in [2.45, 2.75) is 52.4 Å². The zero-order valence-corrected chi connectivity index (χ0v) is 9.87. The van der Waals surface area contributed by atoms with E-state index in [1.807, 2.05) is 17.8 Å². The Balaban J connectivity index is 0.000000249. The molecule has 0 radical (unpaired) electrons. The predicted octanol–water partition coefficient (Wildman–Crippen LogP) is 3.79. The van der Waals surface area contributed by atoms with E-state index in [4.69, 9.17) is 0 Å². The molecule has 0 saturated heterocycles. The Labute approximate surface area is 88.4 Å². The maximum Gasteiger partial charge on any atom is 0.0943 e. The van der Waals surface area contributed by atoms with Crippen LogP contribution in [0.3, 0.4) is 0 Å². The fourth-order valence-corrected chi connectivity index (χ4v) is 1.18. The number of imidazole rings is 1. The quantitative estimate of drug-likeness (QED) is 0.655. The van der Waals surface area contributed by atoms with Crippen LogP contribution in [0.5, 0.6) is 0 Å². The first-order valence-electron chi connectivity index (χ1n) is 5.73. The number of rotatable bonds is 5. The third-order valence-corrected chi connectivity index (χ3v) is 2.09. The van der Waals surface area contributed by atoms with E-state index >= 15 is 0 Å². The zero-order valence-electron chi connectivity index (χ0n) is 9.87. The monoisotopic (exact) mass is 196 g/mol. The number of nitrogens with zero attached hydrogens (tertiary/aromatic N) is 2. The zero-order chi connectivity index (χ0) is 10.6. The van der Waals surface area contributed by atoms with E-state index in [1.165, 1.54) is 38.5 Å². The highest BCUT2D eigenvalue weighted by atomic mass is 15.0. The summed E-state index contributed by atoms with van der Waals surface area (Å²) >= 11 is 0. The van der Waals surface area contributed by atoms with Crippen molar-refractivity contribution < 1.29 is 0 Å². The molecule has 0 atom stereocenters. The Morgan fingerprint density at radius 2 is 1.57 bits per heavy atom. The highest BCUT2D eigenvalue weighted by Crippen LogP contribution is 2.03. The molecule has 0 bridgehead atoms. The SMILES string of the molecule is CCCCCCCC.Cn1ccnc1. The van der Waals surface area contributed by atoms with Gasteiger partial charge in [0.1, 0.15) is 0 Å². The summed E-state index contributed by atoms with van der Waals surface area (Å²) < 4.78 is 1.89. The van der Waals surface area contributed by atoms with Crippen molar-refractivity contribution in [3.05, 3.63) is 18.7 Å². The minimum Gasteiger partial charge on any atom is -0.341 e. The van der Waals surface area contributed by atoms with Crippen molar-refractivity contribution in [2.24, 2.45) is 7.05 Å². The van der Waals surface area contributed by atoms with Crippen molar-refractivity contribution in [3.63, 3.8) is 0 Å². The third-order valence-electron chi connectivity index (χ3n) is 2.09. The summed E-state index contributed by atoms with van der Waals surface area (Å²) in [6.07, 6.45) is 13.9. The van der Waals surface area contributed by atoms with Crippen LogP contribution in [-0.2, 0) is 7.05 Å². The Morgan fingerprint density at radius 1 is 1.00 bits per heavy atom. The van der Waals surface area contributed by atoms with Gasteiger partial charge in [-0.15, -0.1) is 0 Å². The summed E-state index contributed by atoms with van der Waals surface area (Å²) in [5.74, 6) is 0. The molecule has 82 valence electrons. The molecule has 0 N–H and O–H groups in total. The Kier molecular flexibility index (Phi) is 9.71. The van der Waals surface area contributed by atoms with Gasteiger partial charge in [0, 0.05) is 19.4 Å². The average Bonchev–Trinajstić information content (AvgIpc) is 2.65. The van der Waals surface area contributed by atoms with E-state index in [0.29, 0.717) is 0 Å². The molecular weight excluding hydrogens is 172 g/mol. The number of aryl methyl sites for hydroxylation is 1. The summed E-state index contributed by atoms with van der Waals surface area (Å²) in [4.78, 5) is 3.78. The summed E-state index contributed by atoms with van der Waals surface area (Å²) in [5, 5.41) is 0. The molecule has 0 aliphatic rings. The van der Waals surface area contributed by atoms with E-state index < -0.39 is 0 Å². The van der Waals surface area contributed by atoms with E-state index in [1.54, 1.807) is 12.5 Å². The summed E-state index contributed by atoms with van der Waals surface area (Å²) in [7, 11) is 1.94. The largest absolute Gasteiger partial charge is 0.341 e. The fourth-order valence-electron chi connectivity index (χ4n) is 1.18. The maximum atomic E-state index is 3.78. The van der Waals surface area contributed by atoms with Gasteiger partial charge in [0.25, 0.3) is 0 Å². The second-order valence-corrected chi connectivity index (χ2v) is 3.64. The lowest BCUT2D eigenvalue weighted by Crippen LogP contribution is -1.76. The van der Waals surface area contributed by atoms with Crippen LogP contribution in [0.2, 0.25) is 0 Å². The van der Waals surface area contributed by atoms with Gasteiger partial charge in [-0.2, -0.15) is 0 Å². The lowest BCUT2D eigenvalue weighted by molar-refractivity contribution is 0.624. The first-order chi connectivity index (χ1) is 6.81. The van der Waals surface area contributed by atoms with E-state index in [2.05, 4.69) is 18.8 Å². The van der Waals surface area contributed by atoms with Gasteiger partial charge in [-0.3, -0.25) is 0 Å². The van der Waals surface area contributed by atoms with Gasteiger partial charge in [-0.25, -0.2) is 4.98 Å². The van der Waals surface area contributed by atoms with Crippen molar-refractivity contribution in [1.82, 2.24) is 9.55 Å². The minimum absolute atomic E-state index is 1.36. The van der Waals surface area contributed by atoms with Crippen molar-refractivity contribution >= 4 is 0 Å². The minimum atomic E-state index is 1.36. The lowest BCUT2D eigenvalue weighted by atomic mass is 10.1. The summed E-state index contributed by atoms with van der Waals surface area (Å²) in [6.45, 7) is 4.51. The van der Waals surface area contributed by atoms with Crippen LogP contribution in [0.1, 0.15) is 52.4 Å². The van der Waals surface area contributed by atoms with Gasteiger partial charge in [0.15, 0.2) is 0 Å². The second kappa shape index (κ2) is 10.3. The molecule has 0 aliphatic heterocycles. The summed E-state index contributed by atoms with van der Waals surface area (Å²) in [6, 6.07) is 0. The van der Waals surface area contributed by atoms with Crippen LogP contribution in [-0.4, -0.2) is 9.55 Å². The molecule has 0 amide bonds. The smallest absolute Gasteiger partial charge is 0.0943 e. The molecule has 1 rings (SSSR count). The van der Waals surface area contributed by atoms with Crippen molar-refractivity contribution in [1.29, 1.82) is 0 Å².